The maximum Gasteiger partial charge on any atom is 0.501 e. The summed E-state index contributed by atoms with van der Waals surface area (Å²) in [7, 11) is -10.9. The van der Waals surface area contributed by atoms with Crippen molar-refractivity contribution in [2.24, 2.45) is 5.41 Å². The second-order valence-corrected chi connectivity index (χ2v) is 23.5. The van der Waals surface area contributed by atoms with Crippen molar-refractivity contribution in [2.45, 2.75) is 71.8 Å². The van der Waals surface area contributed by atoms with Crippen LogP contribution in [0.2, 0.25) is 5.02 Å². The molecule has 0 spiro atoms. The topological polar surface area (TPSA) is 140 Å². The Kier molecular flexibility index (Phi) is 14.9. The number of alkyl halides is 3. The highest BCUT2D eigenvalue weighted by atomic mass is 35.5. The zero-order valence-electron chi connectivity index (χ0n) is 37.4. The average Bonchev–Trinajstić information content (AvgIpc) is 3.30. The van der Waals surface area contributed by atoms with Gasteiger partial charge in [-0.15, -0.1) is 11.8 Å². The summed E-state index contributed by atoms with van der Waals surface area (Å²) in [6, 6.07) is 24.1. The van der Waals surface area contributed by atoms with Gasteiger partial charge in [-0.25, -0.2) is 21.6 Å². The van der Waals surface area contributed by atoms with E-state index in [9.17, 15) is 34.8 Å². The number of benzene rings is 4. The lowest BCUT2D eigenvalue weighted by Gasteiger charge is -2.46. The predicted octanol–water partition coefficient (Wildman–Crippen LogP) is 8.17. The van der Waals surface area contributed by atoms with Crippen LogP contribution < -0.4 is 25.0 Å². The number of ether oxygens (including phenoxy) is 1. The minimum absolute atomic E-state index is 0.0298. The molecule has 360 valence electrons. The summed E-state index contributed by atoms with van der Waals surface area (Å²) in [6.45, 7) is 11.8. The van der Waals surface area contributed by atoms with Crippen LogP contribution in [0.3, 0.4) is 0 Å². The summed E-state index contributed by atoms with van der Waals surface area (Å²) < 4.78 is 105. The summed E-state index contributed by atoms with van der Waals surface area (Å²) in [5.74, 6) is -0.294. The van der Waals surface area contributed by atoms with E-state index in [0.717, 1.165) is 87.8 Å². The summed E-state index contributed by atoms with van der Waals surface area (Å²) in [5, 5.41) is 7.00. The third-order valence-corrected chi connectivity index (χ3v) is 17.2. The van der Waals surface area contributed by atoms with Crippen molar-refractivity contribution >= 4 is 66.1 Å². The first kappa shape index (κ1) is 49.1. The molecule has 4 aromatic carbocycles. The molecule has 0 unspecified atom stereocenters. The van der Waals surface area contributed by atoms with E-state index in [0.29, 0.717) is 48.7 Å². The van der Waals surface area contributed by atoms with Crippen LogP contribution in [-0.4, -0.2) is 121 Å². The number of piperazine rings is 2. The molecule has 12 nitrogen and oxygen atoms in total. The molecule has 67 heavy (non-hydrogen) atoms. The third kappa shape index (κ3) is 11.8. The molecule has 19 heteroatoms. The molecule has 3 N–H and O–H groups in total. The molecule has 0 aromatic heterocycles. The SMILES string of the molecule is CC1(C)CCC(c2ccc(Cl)cc2)=C(CN2CCN3c4ccc(C(=O)NS(=O)(=O)c5ccc(N[C@H](CCN6CCNCC6)CSc6ccccc6)c(S(=O)(=O)C(F)(F)F)c5)cc4OC[C@@H]3C2)C1. The van der Waals surface area contributed by atoms with Crippen LogP contribution in [0, 0.1) is 5.41 Å². The van der Waals surface area contributed by atoms with E-state index in [-0.39, 0.29) is 17.0 Å². The number of nitrogens with zero attached hydrogens (tertiary/aromatic N) is 3. The van der Waals surface area contributed by atoms with Gasteiger partial charge in [-0.2, -0.15) is 13.2 Å². The summed E-state index contributed by atoms with van der Waals surface area (Å²) in [5.41, 5.74) is -1.24. The van der Waals surface area contributed by atoms with Crippen molar-refractivity contribution in [1.82, 2.24) is 19.8 Å². The van der Waals surface area contributed by atoms with Gasteiger partial charge in [-0.1, -0.05) is 61.4 Å². The van der Waals surface area contributed by atoms with Gasteiger partial charge in [0.1, 0.15) is 17.3 Å². The van der Waals surface area contributed by atoms with Gasteiger partial charge in [0, 0.05) is 86.2 Å². The molecule has 8 rings (SSSR count). The number of thioether (sulfide) groups is 1. The highest BCUT2D eigenvalue weighted by Crippen LogP contribution is 2.44. The van der Waals surface area contributed by atoms with Gasteiger partial charge in [0.15, 0.2) is 0 Å². The fraction of sp³-hybridized carbons (Fsp3) is 0.438. The van der Waals surface area contributed by atoms with Gasteiger partial charge >= 0.3 is 5.51 Å². The Morgan fingerprint density at radius 1 is 0.940 bits per heavy atom. The number of allylic oxidation sites excluding steroid dienone is 1. The first-order valence-corrected chi connectivity index (χ1v) is 26.8. The number of nitrogens with one attached hydrogen (secondary N) is 3. The lowest BCUT2D eigenvalue weighted by molar-refractivity contribution is -0.0435. The molecule has 4 aliphatic rings. The molecule has 2 fully saturated rings. The molecule has 3 heterocycles. The van der Waals surface area contributed by atoms with Crippen LogP contribution in [0.25, 0.3) is 5.57 Å². The quantitative estimate of drug-likeness (QED) is 0.0991. The second kappa shape index (κ2) is 20.3. The number of anilines is 2. The van der Waals surface area contributed by atoms with E-state index in [1.807, 2.05) is 47.2 Å². The van der Waals surface area contributed by atoms with E-state index in [4.69, 9.17) is 16.3 Å². The number of carbonyl (C=O) groups excluding carboxylic acids is 1. The summed E-state index contributed by atoms with van der Waals surface area (Å²) in [6.07, 6.45) is 3.57. The highest BCUT2D eigenvalue weighted by Gasteiger charge is 2.48. The molecule has 1 aliphatic carbocycles. The number of hydrogen-bond donors (Lipinski definition) is 3. The standard InChI is InChI=1S/C48H56ClF3N6O6S3/c1-47(2)18-16-41(33-8-11-36(49)12-9-33)35(28-47)29-57-24-25-58-38(30-57)31-64-44-26-34(10-15-43(44)58)46(59)55-67(62,63)40-13-14-42(45(27-40)66(60,61)48(50,51)52)54-37(17-21-56-22-19-53-20-23-56)32-65-39-6-4-3-5-7-39/h3-15,26-27,37-38,53-54H,16-25,28-32H2,1-2H3,(H,55,59)/t37-,38+/m1/s1. The Hall–Kier alpha value is -4.30. The number of carbonyl (C=O) groups is 1. The van der Waals surface area contributed by atoms with Gasteiger partial charge in [-0.05, 0) is 103 Å². The van der Waals surface area contributed by atoms with Gasteiger partial charge in [0.05, 0.1) is 22.3 Å². The van der Waals surface area contributed by atoms with Crippen LogP contribution in [0.5, 0.6) is 5.75 Å². The minimum atomic E-state index is -6.07. The number of amides is 1. The first-order valence-electron chi connectivity index (χ1n) is 22.5. The smallest absolute Gasteiger partial charge is 0.489 e. The van der Waals surface area contributed by atoms with E-state index in [1.54, 1.807) is 6.07 Å². The van der Waals surface area contributed by atoms with Gasteiger partial charge < -0.3 is 25.2 Å². The maximum atomic E-state index is 14.2. The number of halogens is 4. The fourth-order valence-corrected chi connectivity index (χ4v) is 12.5. The Bertz CT molecular complexity index is 2690. The van der Waals surface area contributed by atoms with Crippen molar-refractivity contribution < 1.29 is 39.5 Å². The Balaban J connectivity index is 0.964. The molecular formula is C48H56ClF3N6O6S3. The zero-order chi connectivity index (χ0) is 47.6. The lowest BCUT2D eigenvalue weighted by Crippen LogP contribution is -2.57. The van der Waals surface area contributed by atoms with Crippen LogP contribution in [0.4, 0.5) is 24.5 Å². The monoisotopic (exact) mass is 1000 g/mol. The van der Waals surface area contributed by atoms with Gasteiger partial charge in [0.2, 0.25) is 0 Å². The van der Waals surface area contributed by atoms with Crippen molar-refractivity contribution in [3.63, 3.8) is 0 Å². The largest absolute Gasteiger partial charge is 0.501 e. The average molecular weight is 1000 g/mol. The van der Waals surface area contributed by atoms with E-state index < -0.39 is 52.8 Å². The van der Waals surface area contributed by atoms with E-state index >= 15 is 0 Å². The molecule has 1 amide bonds. The Morgan fingerprint density at radius 2 is 1.69 bits per heavy atom. The molecule has 2 saturated heterocycles. The Labute approximate surface area is 400 Å². The predicted molar refractivity (Wildman–Crippen MR) is 258 cm³/mol. The van der Waals surface area contributed by atoms with Gasteiger partial charge in [0.25, 0.3) is 25.8 Å². The van der Waals surface area contributed by atoms with Crippen LogP contribution >= 0.6 is 23.4 Å². The molecule has 3 aliphatic heterocycles. The van der Waals surface area contributed by atoms with Gasteiger partial charge in [-0.3, -0.25) is 9.69 Å². The molecule has 0 radical (unpaired) electrons. The van der Waals surface area contributed by atoms with E-state index in [1.165, 1.54) is 40.6 Å². The normalized spacial score (nSPS) is 19.8. The number of sulfone groups is 1. The van der Waals surface area contributed by atoms with Crippen LogP contribution in [0.1, 0.15) is 55.5 Å². The molecule has 0 bridgehead atoms. The molecule has 4 aromatic rings. The number of hydrogen-bond acceptors (Lipinski definition) is 12. The fourth-order valence-electron chi connectivity index (χ4n) is 9.33. The van der Waals surface area contributed by atoms with Crippen LogP contribution in [-0.2, 0) is 19.9 Å². The lowest BCUT2D eigenvalue weighted by atomic mass is 9.72. The number of sulfonamides is 1. The highest BCUT2D eigenvalue weighted by molar-refractivity contribution is 7.99. The summed E-state index contributed by atoms with van der Waals surface area (Å²) in [4.78, 5) is 19.3. The third-order valence-electron chi connectivity index (χ3n) is 12.9. The molecular weight excluding hydrogens is 945 g/mol. The number of rotatable bonds is 15. The molecule has 2 atom stereocenters. The number of fused-ring (bicyclic) bond motifs is 3. The van der Waals surface area contributed by atoms with E-state index in [2.05, 4.69) is 51.3 Å². The maximum absolute atomic E-state index is 14.2. The Morgan fingerprint density at radius 3 is 2.42 bits per heavy atom. The first-order chi connectivity index (χ1) is 31.8. The van der Waals surface area contributed by atoms with Crippen molar-refractivity contribution in [1.29, 1.82) is 0 Å². The van der Waals surface area contributed by atoms with Crippen LogP contribution in [0.15, 0.2) is 111 Å². The minimum Gasteiger partial charge on any atom is -0.489 e. The zero-order valence-corrected chi connectivity index (χ0v) is 40.7. The van der Waals surface area contributed by atoms with Crippen molar-refractivity contribution in [3.8, 4) is 5.75 Å². The van der Waals surface area contributed by atoms with Crippen molar-refractivity contribution in [3.05, 3.63) is 113 Å². The molecule has 0 saturated carbocycles. The second-order valence-electron chi connectivity index (χ2n) is 18.4. The van der Waals surface area contributed by atoms with Crippen molar-refractivity contribution in [2.75, 3.05) is 81.5 Å². The summed E-state index contributed by atoms with van der Waals surface area (Å²) >= 11 is 7.67.